The first kappa shape index (κ1) is 59.9. The molecule has 0 saturated heterocycles. The molecular weight excluding hydrogens is 684 g/mol. The first-order valence-electron chi connectivity index (χ1n) is 7.68. The zero-order chi connectivity index (χ0) is 30.0. The number of hydrogen-bond acceptors (Lipinski definition) is 14. The fourth-order valence-electron chi connectivity index (χ4n) is 0. The predicted octanol–water partition coefficient (Wildman–Crippen LogP) is -6.56. The summed E-state index contributed by atoms with van der Waals surface area (Å²) in [6.45, 7) is -5.44. The third-order valence-electron chi connectivity index (χ3n) is 0.947. The Hall–Kier alpha value is -2.00. The van der Waals surface area contributed by atoms with E-state index >= 15 is 0 Å². The summed E-state index contributed by atoms with van der Waals surface area (Å²) >= 11 is 0. The van der Waals surface area contributed by atoms with Gasteiger partial charge < -0.3 is 71.5 Å². The van der Waals surface area contributed by atoms with Gasteiger partial charge in [0.15, 0.2) is 0 Å². The summed E-state index contributed by atoms with van der Waals surface area (Å²) in [5, 5.41) is 105. The Kier molecular flexibility index (Phi) is 88.6. The summed E-state index contributed by atoms with van der Waals surface area (Å²) in [5.41, 5.74) is 0. The molecule has 0 aliphatic heterocycles. The SMILES string of the molecule is O=C(O)CO.O=C(O)CO.O=C(O)CO.O=C(O)CO.O=C(O)CO.O=C(O)CO.O=C(O)CO.[Y].[Zr]. The van der Waals surface area contributed by atoms with Gasteiger partial charge in [-0.1, -0.05) is 0 Å². The summed E-state index contributed by atoms with van der Waals surface area (Å²) in [5.74, 6) is -8.33. The number of rotatable bonds is 7. The van der Waals surface area contributed by atoms with E-state index in [1.165, 1.54) is 0 Å². The van der Waals surface area contributed by atoms with Crippen molar-refractivity contribution < 1.29 is 164 Å². The molecular formula is C14H28O21YZr. The molecule has 21 nitrogen and oxygen atoms in total. The predicted molar refractivity (Wildman–Crippen MR) is 103 cm³/mol. The molecule has 0 spiro atoms. The van der Waals surface area contributed by atoms with Gasteiger partial charge in [0.05, 0.1) is 0 Å². The number of hydrogen-bond donors (Lipinski definition) is 14. The van der Waals surface area contributed by atoms with Crippen molar-refractivity contribution in [1.29, 1.82) is 0 Å². The van der Waals surface area contributed by atoms with E-state index in [1.54, 1.807) is 0 Å². The first-order chi connectivity index (χ1) is 15.9. The number of aliphatic hydroxyl groups is 7. The maximum Gasteiger partial charge on any atom is 0.329 e. The smallest absolute Gasteiger partial charge is 0.329 e. The standard InChI is InChI=1S/7C2H4O3.Y.Zr/c7*3-1-2(4)5;;/h7*3H,1H2,(H,4,5);;. The van der Waals surface area contributed by atoms with Crippen LogP contribution in [0.15, 0.2) is 0 Å². The van der Waals surface area contributed by atoms with Crippen molar-refractivity contribution in [2.24, 2.45) is 0 Å². The monoisotopic (exact) mass is 711 g/mol. The molecule has 0 aromatic rings. The van der Waals surface area contributed by atoms with E-state index in [2.05, 4.69) is 0 Å². The zero-order valence-corrected chi connectivity index (χ0v) is 23.9. The minimum absolute atomic E-state index is 0. The second kappa shape index (κ2) is 54.8. The molecule has 23 heteroatoms. The van der Waals surface area contributed by atoms with Crippen molar-refractivity contribution in [3.05, 3.63) is 0 Å². The van der Waals surface area contributed by atoms with Gasteiger partial charge in [0.2, 0.25) is 0 Å². The van der Waals surface area contributed by atoms with Gasteiger partial charge in [-0.2, -0.15) is 0 Å². The molecule has 0 unspecified atom stereocenters. The Bertz CT molecular complexity index is 432. The molecule has 0 aromatic carbocycles. The molecule has 0 bridgehead atoms. The van der Waals surface area contributed by atoms with Gasteiger partial charge in [0.1, 0.15) is 46.2 Å². The maximum atomic E-state index is 9.12. The maximum absolute atomic E-state index is 9.12. The van der Waals surface area contributed by atoms with Crippen LogP contribution in [0.25, 0.3) is 0 Å². The van der Waals surface area contributed by atoms with E-state index in [-0.39, 0.29) is 58.9 Å². The molecule has 0 atom stereocenters. The van der Waals surface area contributed by atoms with Gasteiger partial charge in [-0.3, -0.25) is 0 Å². The second-order valence-electron chi connectivity index (χ2n) is 3.86. The van der Waals surface area contributed by atoms with E-state index in [0.29, 0.717) is 0 Å². The van der Waals surface area contributed by atoms with E-state index in [1.807, 2.05) is 0 Å². The van der Waals surface area contributed by atoms with Crippen LogP contribution in [-0.2, 0) is 92.5 Å². The topological polar surface area (TPSA) is 403 Å². The fraction of sp³-hybridized carbons (Fsp3) is 0.500. The van der Waals surface area contributed by atoms with E-state index in [4.69, 9.17) is 105 Å². The van der Waals surface area contributed by atoms with Crippen LogP contribution in [0.1, 0.15) is 0 Å². The largest absolute Gasteiger partial charge is 0.480 e. The van der Waals surface area contributed by atoms with Crippen molar-refractivity contribution in [3.8, 4) is 0 Å². The third-order valence-corrected chi connectivity index (χ3v) is 0.947. The summed E-state index contributed by atoms with van der Waals surface area (Å²) in [7, 11) is 0. The molecule has 0 rings (SSSR count). The summed E-state index contributed by atoms with van der Waals surface area (Å²) in [6, 6.07) is 0. The van der Waals surface area contributed by atoms with Crippen molar-refractivity contribution in [2.45, 2.75) is 0 Å². The van der Waals surface area contributed by atoms with Crippen LogP contribution >= 0.6 is 0 Å². The van der Waals surface area contributed by atoms with E-state index in [0.717, 1.165) is 0 Å². The first-order valence-corrected chi connectivity index (χ1v) is 7.68. The summed E-state index contributed by atoms with van der Waals surface area (Å²) in [4.78, 5) is 63.8. The van der Waals surface area contributed by atoms with Crippen LogP contribution in [0.5, 0.6) is 0 Å². The average Bonchev–Trinajstić information content (AvgIpc) is 2.80. The molecule has 217 valence electrons. The molecule has 0 amide bonds. The average molecular weight is 712 g/mol. The van der Waals surface area contributed by atoms with Crippen LogP contribution < -0.4 is 0 Å². The number of carboxylic acids is 7. The van der Waals surface area contributed by atoms with Crippen LogP contribution in [0.4, 0.5) is 0 Å². The molecule has 0 fully saturated rings. The molecule has 0 saturated carbocycles. The quantitative estimate of drug-likeness (QED) is 0.117. The number of carboxylic acid groups (broad SMARTS) is 7. The van der Waals surface area contributed by atoms with Gasteiger partial charge in [0, 0.05) is 58.9 Å². The number of aliphatic hydroxyl groups excluding tert-OH is 7. The van der Waals surface area contributed by atoms with Crippen LogP contribution in [0.2, 0.25) is 0 Å². The Balaban J connectivity index is -0.0000000350. The Labute approximate surface area is 250 Å². The molecule has 1 radical (unpaired) electrons. The van der Waals surface area contributed by atoms with Crippen molar-refractivity contribution in [2.75, 3.05) is 46.2 Å². The van der Waals surface area contributed by atoms with Crippen LogP contribution in [0, 0.1) is 0 Å². The molecule has 0 heterocycles. The number of carbonyl (C=O) groups is 7. The molecule has 14 N–H and O–H groups in total. The van der Waals surface area contributed by atoms with Gasteiger partial charge >= 0.3 is 41.8 Å². The van der Waals surface area contributed by atoms with E-state index < -0.39 is 88.0 Å². The molecule has 0 aromatic heterocycles. The van der Waals surface area contributed by atoms with Crippen LogP contribution in [0.3, 0.4) is 0 Å². The Morgan fingerprint density at radius 1 is 0.297 bits per heavy atom. The van der Waals surface area contributed by atoms with Crippen LogP contribution in [-0.4, -0.2) is 160 Å². The molecule has 0 aliphatic carbocycles. The fourth-order valence-corrected chi connectivity index (χ4v) is 0. The molecule has 37 heavy (non-hydrogen) atoms. The van der Waals surface area contributed by atoms with Crippen molar-refractivity contribution in [1.82, 2.24) is 0 Å². The number of aliphatic carboxylic acids is 7. The Morgan fingerprint density at radius 2 is 0.324 bits per heavy atom. The third kappa shape index (κ3) is 242. The molecule has 0 aliphatic rings. The Morgan fingerprint density at radius 3 is 0.324 bits per heavy atom. The zero-order valence-electron chi connectivity index (χ0n) is 18.6. The van der Waals surface area contributed by atoms with Crippen molar-refractivity contribution >= 4 is 41.8 Å². The minimum Gasteiger partial charge on any atom is -0.480 e. The minimum atomic E-state index is -1.19. The van der Waals surface area contributed by atoms with Crippen molar-refractivity contribution in [3.63, 3.8) is 0 Å². The van der Waals surface area contributed by atoms with E-state index in [9.17, 15) is 0 Å². The second-order valence-corrected chi connectivity index (χ2v) is 3.86. The van der Waals surface area contributed by atoms with Gasteiger partial charge in [-0.15, -0.1) is 0 Å². The van der Waals surface area contributed by atoms with Gasteiger partial charge in [-0.05, 0) is 0 Å². The van der Waals surface area contributed by atoms with Gasteiger partial charge in [0.25, 0.3) is 0 Å². The van der Waals surface area contributed by atoms with Gasteiger partial charge in [-0.25, -0.2) is 33.6 Å². The summed E-state index contributed by atoms with van der Waals surface area (Å²) in [6.07, 6.45) is 0. The summed E-state index contributed by atoms with van der Waals surface area (Å²) < 4.78 is 0. The normalized spacial score (nSPS) is 7.00.